The monoisotopic (exact) mass is 370 g/mol. The molecule has 3 aromatic carbocycles. The van der Waals surface area contributed by atoms with E-state index in [1.165, 1.54) is 4.68 Å². The number of hydrogen-bond acceptors (Lipinski definition) is 5. The number of tetrazole rings is 1. The first kappa shape index (κ1) is 17.6. The lowest BCUT2D eigenvalue weighted by Crippen LogP contribution is -2.15. The normalized spacial score (nSPS) is 11.5. The molecule has 0 fully saturated rings. The minimum absolute atomic E-state index is 0.160. The van der Waals surface area contributed by atoms with Crippen LogP contribution in [0.5, 0.6) is 0 Å². The van der Waals surface area contributed by atoms with Gasteiger partial charge < -0.3 is 4.74 Å². The number of aromatic nitrogens is 4. The van der Waals surface area contributed by atoms with Crippen molar-refractivity contribution >= 4 is 28.5 Å². The highest BCUT2D eigenvalue weighted by molar-refractivity contribution is 6.15. The van der Waals surface area contributed by atoms with Crippen LogP contribution < -0.4 is 0 Å². The van der Waals surface area contributed by atoms with Gasteiger partial charge in [-0.3, -0.25) is 0 Å². The second-order valence-corrected chi connectivity index (χ2v) is 6.29. The second kappa shape index (κ2) is 7.84. The molecule has 0 spiro atoms. The number of aryl methyl sites for hydroxylation is 1. The van der Waals surface area contributed by atoms with E-state index < -0.39 is 5.97 Å². The molecule has 0 unspecified atom stereocenters. The smallest absolute Gasteiger partial charge is 0.357 e. The third kappa shape index (κ3) is 3.66. The van der Waals surface area contributed by atoms with Crippen LogP contribution in [0.3, 0.4) is 0 Å². The summed E-state index contributed by atoms with van der Waals surface area (Å²) in [5, 5.41) is 13.6. The summed E-state index contributed by atoms with van der Waals surface area (Å²) in [6, 6.07) is 23.5. The molecular formula is C22H18N4O2. The van der Waals surface area contributed by atoms with Gasteiger partial charge in [-0.2, -0.15) is 4.68 Å². The number of hydrogen-bond donors (Lipinski definition) is 0. The standard InChI is InChI=1S/C22H18N4O2/c1-16-23-24-25-26(16)21(14-17-8-3-2-4-9-17)22(27)28-15-19-12-7-11-18-10-5-6-13-20(18)19/h2-14H,15H2,1H3. The van der Waals surface area contributed by atoms with Gasteiger partial charge in [0.15, 0.2) is 11.5 Å². The average molecular weight is 370 g/mol. The first-order valence-corrected chi connectivity index (χ1v) is 8.88. The van der Waals surface area contributed by atoms with Gasteiger partial charge >= 0.3 is 5.97 Å². The Labute approximate surface area is 162 Å². The van der Waals surface area contributed by atoms with Crippen molar-refractivity contribution in [2.45, 2.75) is 13.5 Å². The predicted molar refractivity (Wildman–Crippen MR) is 107 cm³/mol. The Kier molecular flexibility index (Phi) is 4.93. The molecule has 6 heteroatoms. The van der Waals surface area contributed by atoms with Crippen LogP contribution in [0.15, 0.2) is 72.8 Å². The Morgan fingerprint density at radius 2 is 1.75 bits per heavy atom. The Bertz CT molecular complexity index is 1140. The Balaban J connectivity index is 1.63. The summed E-state index contributed by atoms with van der Waals surface area (Å²) in [5.74, 6) is 0.0106. The van der Waals surface area contributed by atoms with E-state index >= 15 is 0 Å². The summed E-state index contributed by atoms with van der Waals surface area (Å²) in [4.78, 5) is 12.9. The van der Waals surface area contributed by atoms with E-state index in [0.29, 0.717) is 5.82 Å². The Morgan fingerprint density at radius 3 is 2.54 bits per heavy atom. The van der Waals surface area contributed by atoms with Gasteiger partial charge in [0, 0.05) is 0 Å². The van der Waals surface area contributed by atoms with Crippen LogP contribution in [-0.4, -0.2) is 26.2 Å². The molecule has 138 valence electrons. The van der Waals surface area contributed by atoms with Crippen molar-refractivity contribution in [2.75, 3.05) is 0 Å². The van der Waals surface area contributed by atoms with Crippen LogP contribution in [0.1, 0.15) is 17.0 Å². The number of ether oxygens (including phenoxy) is 1. The minimum Gasteiger partial charge on any atom is -0.456 e. The first-order valence-electron chi connectivity index (χ1n) is 8.88. The summed E-state index contributed by atoms with van der Waals surface area (Å²) in [6.45, 7) is 1.89. The zero-order chi connectivity index (χ0) is 19.3. The van der Waals surface area contributed by atoms with Crippen LogP contribution >= 0.6 is 0 Å². The van der Waals surface area contributed by atoms with Crippen LogP contribution in [-0.2, 0) is 16.1 Å². The van der Waals surface area contributed by atoms with E-state index in [1.807, 2.05) is 72.8 Å². The largest absolute Gasteiger partial charge is 0.456 e. The van der Waals surface area contributed by atoms with Crippen LogP contribution in [0.2, 0.25) is 0 Å². The van der Waals surface area contributed by atoms with Crippen molar-refractivity contribution in [3.05, 3.63) is 89.7 Å². The maximum atomic E-state index is 12.9. The number of carbonyl (C=O) groups is 1. The average Bonchev–Trinajstić information content (AvgIpc) is 3.16. The van der Waals surface area contributed by atoms with Crippen LogP contribution in [0, 0.1) is 6.92 Å². The van der Waals surface area contributed by atoms with E-state index in [9.17, 15) is 4.79 Å². The van der Waals surface area contributed by atoms with Gasteiger partial charge in [-0.05, 0) is 45.3 Å². The van der Waals surface area contributed by atoms with Gasteiger partial charge in [-0.25, -0.2) is 4.79 Å². The maximum Gasteiger partial charge on any atom is 0.357 e. The van der Waals surface area contributed by atoms with E-state index in [1.54, 1.807) is 13.0 Å². The molecule has 28 heavy (non-hydrogen) atoms. The molecule has 4 rings (SSSR count). The molecule has 0 aliphatic carbocycles. The van der Waals surface area contributed by atoms with Crippen molar-refractivity contribution in [3.8, 4) is 0 Å². The maximum absolute atomic E-state index is 12.9. The molecule has 0 atom stereocenters. The van der Waals surface area contributed by atoms with Crippen LogP contribution in [0.4, 0.5) is 0 Å². The SMILES string of the molecule is Cc1nnnn1C(=Cc1ccccc1)C(=O)OCc1cccc2ccccc12. The fourth-order valence-corrected chi connectivity index (χ4v) is 3.00. The molecule has 0 N–H and O–H groups in total. The third-order valence-electron chi connectivity index (χ3n) is 4.40. The molecule has 1 heterocycles. The topological polar surface area (TPSA) is 69.9 Å². The first-order chi connectivity index (χ1) is 13.7. The predicted octanol–water partition coefficient (Wildman–Crippen LogP) is 3.88. The fourth-order valence-electron chi connectivity index (χ4n) is 3.00. The molecule has 6 nitrogen and oxygen atoms in total. The van der Waals surface area contributed by atoms with Crippen molar-refractivity contribution in [2.24, 2.45) is 0 Å². The number of nitrogens with zero attached hydrogens (tertiary/aromatic N) is 4. The Hall–Kier alpha value is -3.80. The number of esters is 1. The van der Waals surface area contributed by atoms with Gasteiger partial charge in [-0.15, -0.1) is 5.10 Å². The molecule has 0 amide bonds. The van der Waals surface area contributed by atoms with E-state index in [4.69, 9.17) is 4.74 Å². The van der Waals surface area contributed by atoms with Crippen molar-refractivity contribution in [3.63, 3.8) is 0 Å². The molecule has 0 saturated carbocycles. The summed E-state index contributed by atoms with van der Waals surface area (Å²) in [5.41, 5.74) is 2.06. The van der Waals surface area contributed by atoms with Crippen LogP contribution in [0.25, 0.3) is 22.5 Å². The third-order valence-corrected chi connectivity index (χ3v) is 4.40. The molecule has 0 aliphatic rings. The molecule has 1 aromatic heterocycles. The van der Waals surface area contributed by atoms with Gasteiger partial charge in [0.2, 0.25) is 0 Å². The lowest BCUT2D eigenvalue weighted by atomic mass is 10.1. The number of benzene rings is 3. The highest BCUT2D eigenvalue weighted by Gasteiger charge is 2.18. The zero-order valence-corrected chi connectivity index (χ0v) is 15.3. The number of carbonyl (C=O) groups excluding carboxylic acids is 1. The van der Waals surface area contributed by atoms with E-state index in [-0.39, 0.29) is 12.3 Å². The van der Waals surface area contributed by atoms with Gasteiger partial charge in [0.05, 0.1) is 0 Å². The number of rotatable bonds is 5. The molecule has 4 aromatic rings. The quantitative estimate of drug-likeness (QED) is 0.394. The lowest BCUT2D eigenvalue weighted by molar-refractivity contribution is -0.138. The number of fused-ring (bicyclic) bond motifs is 1. The molecule has 0 bridgehead atoms. The summed E-state index contributed by atoms with van der Waals surface area (Å²) >= 11 is 0. The highest BCUT2D eigenvalue weighted by Crippen LogP contribution is 2.20. The van der Waals surface area contributed by atoms with E-state index in [0.717, 1.165) is 21.9 Å². The fraction of sp³-hybridized carbons (Fsp3) is 0.0909. The minimum atomic E-state index is -0.493. The molecule has 0 saturated heterocycles. The molecular weight excluding hydrogens is 352 g/mol. The van der Waals surface area contributed by atoms with Crippen molar-refractivity contribution in [1.29, 1.82) is 0 Å². The lowest BCUT2D eigenvalue weighted by Gasteiger charge is -2.11. The zero-order valence-electron chi connectivity index (χ0n) is 15.3. The summed E-state index contributed by atoms with van der Waals surface area (Å²) < 4.78 is 7.01. The van der Waals surface area contributed by atoms with Crippen molar-refractivity contribution in [1.82, 2.24) is 20.2 Å². The summed E-state index contributed by atoms with van der Waals surface area (Å²) in [6.07, 6.45) is 1.72. The van der Waals surface area contributed by atoms with Gasteiger partial charge in [0.25, 0.3) is 0 Å². The van der Waals surface area contributed by atoms with Gasteiger partial charge in [0.1, 0.15) is 6.61 Å². The molecule has 0 aliphatic heterocycles. The Morgan fingerprint density at radius 1 is 1.00 bits per heavy atom. The molecule has 0 radical (unpaired) electrons. The van der Waals surface area contributed by atoms with Gasteiger partial charge in [-0.1, -0.05) is 72.8 Å². The van der Waals surface area contributed by atoms with Crippen molar-refractivity contribution < 1.29 is 9.53 Å². The summed E-state index contributed by atoms with van der Waals surface area (Å²) in [7, 11) is 0. The second-order valence-electron chi connectivity index (χ2n) is 6.29. The van der Waals surface area contributed by atoms with E-state index in [2.05, 4.69) is 15.5 Å². The highest BCUT2D eigenvalue weighted by atomic mass is 16.5.